The molecule has 0 aliphatic heterocycles. The molecule has 1 amide bonds. The third-order valence-electron chi connectivity index (χ3n) is 4.02. The molecule has 146 valence electrons. The highest BCUT2D eigenvalue weighted by Crippen LogP contribution is 2.20. The van der Waals surface area contributed by atoms with Gasteiger partial charge in [0.1, 0.15) is 12.3 Å². The molecule has 2 rings (SSSR count). The summed E-state index contributed by atoms with van der Waals surface area (Å²) in [5.41, 5.74) is 0.832. The van der Waals surface area contributed by atoms with Gasteiger partial charge in [-0.25, -0.2) is 0 Å². The van der Waals surface area contributed by atoms with Crippen molar-refractivity contribution >= 4 is 24.1 Å². The minimum Gasteiger partial charge on any atom is -0.497 e. The van der Waals surface area contributed by atoms with Crippen LogP contribution in [0, 0.1) is 4.77 Å². The predicted octanol–water partition coefficient (Wildman–Crippen LogP) is 2.47. The molecule has 0 unspecified atom stereocenters. The maximum atomic E-state index is 12.2. The van der Waals surface area contributed by atoms with Gasteiger partial charge in [0.25, 0.3) is 0 Å². The van der Waals surface area contributed by atoms with E-state index >= 15 is 0 Å². The van der Waals surface area contributed by atoms with E-state index in [0.29, 0.717) is 23.6 Å². The topological polar surface area (TPSA) is 98.2 Å². The Morgan fingerprint density at radius 3 is 2.59 bits per heavy atom. The Bertz CT molecular complexity index is 814. The molecule has 1 aromatic heterocycles. The fourth-order valence-corrected chi connectivity index (χ4v) is 2.72. The normalized spacial score (nSPS) is 10.4. The zero-order valence-electron chi connectivity index (χ0n) is 15.5. The Hall–Kier alpha value is -2.68. The molecule has 0 bridgehead atoms. The summed E-state index contributed by atoms with van der Waals surface area (Å²) < 4.78 is 11.8. The Kier molecular flexibility index (Phi) is 8.00. The van der Waals surface area contributed by atoms with E-state index in [1.54, 1.807) is 11.7 Å². The van der Waals surface area contributed by atoms with Gasteiger partial charge in [0.05, 0.1) is 14.2 Å². The van der Waals surface area contributed by atoms with E-state index in [-0.39, 0.29) is 18.4 Å². The minimum atomic E-state index is -0.209. The summed E-state index contributed by atoms with van der Waals surface area (Å²) in [6, 6.07) is 7.37. The van der Waals surface area contributed by atoms with Crippen LogP contribution in [0.4, 0.5) is 0 Å². The van der Waals surface area contributed by atoms with Crippen molar-refractivity contribution in [3.63, 3.8) is 0 Å². The fourth-order valence-electron chi connectivity index (χ4n) is 2.53. The molecule has 0 aliphatic carbocycles. The van der Waals surface area contributed by atoms with Gasteiger partial charge in [0.2, 0.25) is 5.91 Å². The lowest BCUT2D eigenvalue weighted by Gasteiger charge is -2.09. The number of aromatic nitrogens is 3. The number of benzene rings is 1. The van der Waals surface area contributed by atoms with E-state index in [0.717, 1.165) is 30.6 Å². The van der Waals surface area contributed by atoms with Crippen LogP contribution in [0.25, 0.3) is 11.4 Å². The molecule has 0 saturated carbocycles. The van der Waals surface area contributed by atoms with Crippen LogP contribution in [-0.4, -0.2) is 47.4 Å². The minimum absolute atomic E-state index is 0.0822. The van der Waals surface area contributed by atoms with Crippen molar-refractivity contribution < 1.29 is 19.1 Å². The second kappa shape index (κ2) is 10.5. The number of carbonyl (C=O) groups is 2. The summed E-state index contributed by atoms with van der Waals surface area (Å²) >= 11 is 5.24. The number of nitrogens with one attached hydrogen (secondary N) is 2. The number of unbranched alkanes of at least 4 members (excludes halogenated alkanes) is 2. The Labute approximate surface area is 162 Å². The number of nitrogens with zero attached hydrogens (tertiary/aromatic N) is 2. The van der Waals surface area contributed by atoms with Gasteiger partial charge in [0, 0.05) is 18.5 Å². The molecule has 1 aromatic carbocycles. The summed E-state index contributed by atoms with van der Waals surface area (Å²) in [6.45, 7) is 0.627. The number of rotatable bonds is 10. The molecule has 0 radical (unpaired) electrons. The lowest BCUT2D eigenvalue weighted by atomic mass is 10.2. The number of esters is 1. The summed E-state index contributed by atoms with van der Waals surface area (Å²) in [6.07, 6.45) is 2.79. The predicted molar refractivity (Wildman–Crippen MR) is 103 cm³/mol. The Morgan fingerprint density at radius 2 is 1.93 bits per heavy atom. The molecule has 0 fully saturated rings. The van der Waals surface area contributed by atoms with Gasteiger partial charge in [-0.1, -0.05) is 6.42 Å². The van der Waals surface area contributed by atoms with Crippen LogP contribution in [0.2, 0.25) is 0 Å². The second-order valence-electron chi connectivity index (χ2n) is 5.90. The number of carbonyl (C=O) groups excluding carboxylic acids is 2. The van der Waals surface area contributed by atoms with Crippen molar-refractivity contribution in [2.45, 2.75) is 32.2 Å². The first-order valence-corrected chi connectivity index (χ1v) is 9.09. The average Bonchev–Trinajstić information content (AvgIpc) is 3.04. The van der Waals surface area contributed by atoms with Crippen molar-refractivity contribution in [2.24, 2.45) is 0 Å². The highest BCUT2D eigenvalue weighted by atomic mass is 32.1. The van der Waals surface area contributed by atoms with Crippen LogP contribution in [0.3, 0.4) is 0 Å². The van der Waals surface area contributed by atoms with Gasteiger partial charge in [-0.15, -0.1) is 0 Å². The smallest absolute Gasteiger partial charge is 0.305 e. The standard InChI is InChI=1S/C18H24N4O4S/c1-25-14-9-7-13(8-10-14)17-20-21-18(27)22(17)12-15(23)19-11-5-3-4-6-16(24)26-2/h7-10H,3-6,11-12H2,1-2H3,(H,19,23)(H,21,27). The van der Waals surface area contributed by atoms with E-state index in [9.17, 15) is 9.59 Å². The molecule has 8 nitrogen and oxygen atoms in total. The van der Waals surface area contributed by atoms with E-state index in [1.165, 1.54) is 7.11 Å². The van der Waals surface area contributed by atoms with Crippen molar-refractivity contribution in [3.8, 4) is 17.1 Å². The first-order chi connectivity index (χ1) is 13.0. The summed E-state index contributed by atoms with van der Waals surface area (Å²) in [7, 11) is 2.98. The Balaban J connectivity index is 1.86. The molecule has 2 aromatic rings. The maximum absolute atomic E-state index is 12.2. The van der Waals surface area contributed by atoms with Crippen LogP contribution in [0.1, 0.15) is 25.7 Å². The van der Waals surface area contributed by atoms with Crippen LogP contribution in [0.15, 0.2) is 24.3 Å². The molecule has 9 heteroatoms. The first-order valence-electron chi connectivity index (χ1n) is 8.68. The quantitative estimate of drug-likeness (QED) is 0.366. The number of amides is 1. The van der Waals surface area contributed by atoms with Crippen molar-refractivity contribution in [3.05, 3.63) is 29.0 Å². The number of hydrogen-bond donors (Lipinski definition) is 2. The van der Waals surface area contributed by atoms with Crippen molar-refractivity contribution in [1.82, 2.24) is 20.1 Å². The highest BCUT2D eigenvalue weighted by molar-refractivity contribution is 7.71. The molecular weight excluding hydrogens is 368 g/mol. The lowest BCUT2D eigenvalue weighted by Crippen LogP contribution is -2.28. The number of H-pyrrole nitrogens is 1. The molecule has 27 heavy (non-hydrogen) atoms. The Morgan fingerprint density at radius 1 is 1.19 bits per heavy atom. The van der Waals surface area contributed by atoms with Gasteiger partial charge in [-0.3, -0.25) is 19.3 Å². The van der Waals surface area contributed by atoms with Gasteiger partial charge in [-0.2, -0.15) is 5.10 Å². The molecule has 0 spiro atoms. The molecule has 0 atom stereocenters. The van der Waals surface area contributed by atoms with Gasteiger partial charge < -0.3 is 14.8 Å². The molecule has 1 heterocycles. The number of methoxy groups -OCH3 is 2. The van der Waals surface area contributed by atoms with E-state index < -0.39 is 0 Å². The van der Waals surface area contributed by atoms with Crippen LogP contribution >= 0.6 is 12.2 Å². The molecular formula is C18H24N4O4S. The number of ether oxygens (including phenoxy) is 2. The van der Waals surface area contributed by atoms with Crippen LogP contribution in [-0.2, 0) is 20.9 Å². The first kappa shape index (κ1) is 20.6. The van der Waals surface area contributed by atoms with E-state index in [1.807, 2.05) is 24.3 Å². The lowest BCUT2D eigenvalue weighted by molar-refractivity contribution is -0.140. The average molecular weight is 392 g/mol. The van der Waals surface area contributed by atoms with E-state index in [4.69, 9.17) is 17.0 Å². The maximum Gasteiger partial charge on any atom is 0.305 e. The molecule has 0 aliphatic rings. The van der Waals surface area contributed by atoms with Crippen LogP contribution < -0.4 is 10.1 Å². The molecule has 0 saturated heterocycles. The summed E-state index contributed by atoms with van der Waals surface area (Å²) in [5, 5.41) is 9.81. The highest BCUT2D eigenvalue weighted by Gasteiger charge is 2.12. The zero-order valence-corrected chi connectivity index (χ0v) is 16.3. The zero-order chi connectivity index (χ0) is 19.6. The van der Waals surface area contributed by atoms with Crippen LogP contribution in [0.5, 0.6) is 5.75 Å². The fraction of sp³-hybridized carbons (Fsp3) is 0.444. The monoisotopic (exact) mass is 392 g/mol. The van der Waals surface area contributed by atoms with Crippen molar-refractivity contribution in [2.75, 3.05) is 20.8 Å². The SMILES string of the molecule is COC(=O)CCCCCNC(=O)Cn1c(-c2ccc(OC)cc2)n[nH]c1=S. The van der Waals surface area contributed by atoms with Crippen molar-refractivity contribution in [1.29, 1.82) is 0 Å². The summed E-state index contributed by atoms with van der Waals surface area (Å²) in [4.78, 5) is 23.2. The van der Waals surface area contributed by atoms with Gasteiger partial charge >= 0.3 is 5.97 Å². The summed E-state index contributed by atoms with van der Waals surface area (Å²) in [5.74, 6) is 0.981. The van der Waals surface area contributed by atoms with E-state index in [2.05, 4.69) is 20.3 Å². The van der Waals surface area contributed by atoms with Gasteiger partial charge in [-0.05, 0) is 49.3 Å². The number of hydrogen-bond acceptors (Lipinski definition) is 6. The largest absolute Gasteiger partial charge is 0.497 e. The third-order valence-corrected chi connectivity index (χ3v) is 4.33. The third kappa shape index (κ3) is 6.21. The molecule has 2 N–H and O–H groups in total. The number of aromatic amines is 1. The van der Waals surface area contributed by atoms with Gasteiger partial charge in [0.15, 0.2) is 10.6 Å². The second-order valence-corrected chi connectivity index (χ2v) is 6.29.